The van der Waals surface area contributed by atoms with Gasteiger partial charge in [-0.25, -0.2) is 4.98 Å². The summed E-state index contributed by atoms with van der Waals surface area (Å²) in [6, 6.07) is 12.3. The Labute approximate surface area is 133 Å². The highest BCUT2D eigenvalue weighted by atomic mass is 16.1. The van der Waals surface area contributed by atoms with Crippen molar-refractivity contribution in [3.8, 4) is 6.07 Å². The summed E-state index contributed by atoms with van der Waals surface area (Å²) in [5.41, 5.74) is 1.87. The van der Waals surface area contributed by atoms with Gasteiger partial charge in [-0.15, -0.1) is 0 Å². The number of hydrogen-bond donors (Lipinski definition) is 1. The molecule has 114 valence electrons. The maximum Gasteiger partial charge on any atom is 0.252 e. The Morgan fingerprint density at radius 1 is 1.17 bits per heavy atom. The fourth-order valence-corrected chi connectivity index (χ4v) is 2.35. The second kappa shape index (κ2) is 5.89. The number of pyridine rings is 1. The van der Waals surface area contributed by atoms with Gasteiger partial charge >= 0.3 is 0 Å². The van der Waals surface area contributed by atoms with Crippen LogP contribution in [0.3, 0.4) is 0 Å². The molecule has 0 unspecified atom stereocenters. The van der Waals surface area contributed by atoms with Gasteiger partial charge < -0.3 is 5.32 Å². The molecule has 0 aliphatic rings. The van der Waals surface area contributed by atoms with Crippen molar-refractivity contribution in [2.75, 3.05) is 5.32 Å². The Morgan fingerprint density at radius 3 is 2.57 bits per heavy atom. The minimum Gasteiger partial charge on any atom is -0.324 e. The molecular weight excluding hydrogens is 290 g/mol. The van der Waals surface area contributed by atoms with E-state index in [1.54, 1.807) is 41.1 Å². The summed E-state index contributed by atoms with van der Waals surface area (Å²) in [4.78, 5) is 20.8. The van der Waals surface area contributed by atoms with Crippen LogP contribution in [0.4, 0.5) is 11.6 Å². The van der Waals surface area contributed by atoms with Gasteiger partial charge in [-0.3, -0.25) is 9.36 Å². The normalized spacial score (nSPS) is 10.7. The molecule has 6 nitrogen and oxygen atoms in total. The molecule has 0 amide bonds. The van der Waals surface area contributed by atoms with Crippen molar-refractivity contribution < 1.29 is 0 Å². The first-order valence-electron chi connectivity index (χ1n) is 7.24. The molecule has 0 saturated heterocycles. The summed E-state index contributed by atoms with van der Waals surface area (Å²) in [6.45, 7) is 3.88. The maximum atomic E-state index is 12.1. The Balaban J connectivity index is 2.03. The highest BCUT2D eigenvalue weighted by Gasteiger charge is 2.09. The minimum absolute atomic E-state index is 0.00358. The quantitative estimate of drug-likeness (QED) is 0.804. The van der Waals surface area contributed by atoms with Crippen molar-refractivity contribution in [2.45, 2.75) is 19.9 Å². The molecule has 0 saturated carbocycles. The third kappa shape index (κ3) is 2.90. The number of benzene rings is 1. The van der Waals surface area contributed by atoms with Crippen LogP contribution in [-0.2, 0) is 0 Å². The smallest absolute Gasteiger partial charge is 0.252 e. The third-order valence-electron chi connectivity index (χ3n) is 3.45. The van der Waals surface area contributed by atoms with Crippen LogP contribution in [0.1, 0.15) is 25.5 Å². The monoisotopic (exact) mass is 305 g/mol. The molecule has 0 aliphatic carbocycles. The van der Waals surface area contributed by atoms with E-state index in [0.29, 0.717) is 17.2 Å². The van der Waals surface area contributed by atoms with Crippen molar-refractivity contribution in [1.82, 2.24) is 14.5 Å². The zero-order chi connectivity index (χ0) is 16.4. The lowest BCUT2D eigenvalue weighted by molar-refractivity contribution is 0.595. The second-order valence-electron chi connectivity index (χ2n) is 5.42. The number of nitriles is 1. The molecule has 1 aromatic carbocycles. The van der Waals surface area contributed by atoms with Gasteiger partial charge in [0.25, 0.3) is 5.56 Å². The van der Waals surface area contributed by atoms with Gasteiger partial charge in [-0.05, 0) is 44.2 Å². The lowest BCUT2D eigenvalue weighted by atomic mass is 10.2. The average molecular weight is 305 g/mol. The van der Waals surface area contributed by atoms with Gasteiger partial charge in [0.2, 0.25) is 5.95 Å². The van der Waals surface area contributed by atoms with Crippen LogP contribution >= 0.6 is 0 Å². The van der Waals surface area contributed by atoms with E-state index in [1.165, 1.54) is 6.07 Å². The van der Waals surface area contributed by atoms with Crippen molar-refractivity contribution >= 4 is 22.7 Å². The number of nitrogens with one attached hydrogen (secondary N) is 1. The molecule has 23 heavy (non-hydrogen) atoms. The number of aromatic nitrogens is 3. The van der Waals surface area contributed by atoms with Crippen LogP contribution < -0.4 is 10.9 Å². The van der Waals surface area contributed by atoms with Gasteiger partial charge in [0.1, 0.15) is 5.65 Å². The van der Waals surface area contributed by atoms with Crippen molar-refractivity contribution in [3.63, 3.8) is 0 Å². The largest absolute Gasteiger partial charge is 0.324 e. The van der Waals surface area contributed by atoms with Crippen LogP contribution in [0, 0.1) is 11.3 Å². The fraction of sp³-hybridized carbons (Fsp3) is 0.176. The molecule has 3 rings (SSSR count). The molecule has 6 heteroatoms. The van der Waals surface area contributed by atoms with E-state index in [-0.39, 0.29) is 11.6 Å². The molecule has 0 bridgehead atoms. The second-order valence-corrected chi connectivity index (χ2v) is 5.42. The molecule has 2 heterocycles. The number of hydrogen-bond acceptors (Lipinski definition) is 5. The van der Waals surface area contributed by atoms with Gasteiger partial charge in [0, 0.05) is 29.4 Å². The van der Waals surface area contributed by atoms with Crippen LogP contribution in [0.2, 0.25) is 0 Å². The summed E-state index contributed by atoms with van der Waals surface area (Å²) < 4.78 is 1.64. The van der Waals surface area contributed by atoms with E-state index in [0.717, 1.165) is 11.1 Å². The van der Waals surface area contributed by atoms with Gasteiger partial charge in [0.05, 0.1) is 11.6 Å². The SMILES string of the molecule is CC(C)n1c(=O)ccc2cnc(Nc3ccc(C#N)cc3)nc21. The first-order chi connectivity index (χ1) is 11.1. The van der Waals surface area contributed by atoms with Crippen LogP contribution in [0.25, 0.3) is 11.0 Å². The number of nitrogens with zero attached hydrogens (tertiary/aromatic N) is 4. The molecule has 0 fully saturated rings. The third-order valence-corrected chi connectivity index (χ3v) is 3.45. The highest BCUT2D eigenvalue weighted by molar-refractivity contribution is 5.75. The van der Waals surface area contributed by atoms with Crippen LogP contribution in [0.15, 0.2) is 47.4 Å². The van der Waals surface area contributed by atoms with E-state index < -0.39 is 0 Å². The molecular formula is C17H15N5O. The fourth-order valence-electron chi connectivity index (χ4n) is 2.35. The predicted molar refractivity (Wildman–Crippen MR) is 88.6 cm³/mol. The summed E-state index contributed by atoms with van der Waals surface area (Å²) in [6.07, 6.45) is 1.69. The average Bonchev–Trinajstić information content (AvgIpc) is 2.55. The van der Waals surface area contributed by atoms with Crippen molar-refractivity contribution in [3.05, 3.63) is 58.5 Å². The van der Waals surface area contributed by atoms with E-state index >= 15 is 0 Å². The van der Waals surface area contributed by atoms with Gasteiger partial charge in [-0.1, -0.05) is 0 Å². The molecule has 0 radical (unpaired) electrons. The van der Waals surface area contributed by atoms with Gasteiger partial charge in [0.15, 0.2) is 0 Å². The Morgan fingerprint density at radius 2 is 1.91 bits per heavy atom. The van der Waals surface area contributed by atoms with E-state index in [1.807, 2.05) is 13.8 Å². The van der Waals surface area contributed by atoms with Gasteiger partial charge in [-0.2, -0.15) is 10.2 Å². The van der Waals surface area contributed by atoms with Crippen LogP contribution in [0.5, 0.6) is 0 Å². The number of fused-ring (bicyclic) bond motifs is 1. The molecule has 0 spiro atoms. The molecule has 1 N–H and O–H groups in total. The number of rotatable bonds is 3. The molecule has 2 aromatic heterocycles. The Bertz CT molecular complexity index is 951. The molecule has 3 aromatic rings. The summed E-state index contributed by atoms with van der Waals surface area (Å²) in [5.74, 6) is 0.405. The summed E-state index contributed by atoms with van der Waals surface area (Å²) in [5, 5.41) is 12.7. The first kappa shape index (κ1) is 14.7. The number of anilines is 2. The van der Waals surface area contributed by atoms with Crippen molar-refractivity contribution in [1.29, 1.82) is 5.26 Å². The maximum absolute atomic E-state index is 12.1. The lowest BCUT2D eigenvalue weighted by Gasteiger charge is -2.13. The Hall–Kier alpha value is -3.20. The first-order valence-corrected chi connectivity index (χ1v) is 7.24. The van der Waals surface area contributed by atoms with Crippen LogP contribution in [-0.4, -0.2) is 14.5 Å². The Kier molecular flexibility index (Phi) is 3.77. The minimum atomic E-state index is -0.0875. The zero-order valence-corrected chi connectivity index (χ0v) is 12.8. The molecule has 0 atom stereocenters. The predicted octanol–water partition coefficient (Wildman–Crippen LogP) is 2.99. The van der Waals surface area contributed by atoms with E-state index in [4.69, 9.17) is 5.26 Å². The summed E-state index contributed by atoms with van der Waals surface area (Å²) in [7, 11) is 0. The summed E-state index contributed by atoms with van der Waals surface area (Å²) >= 11 is 0. The van der Waals surface area contributed by atoms with E-state index in [9.17, 15) is 4.79 Å². The topological polar surface area (TPSA) is 83.6 Å². The molecule has 0 aliphatic heterocycles. The zero-order valence-electron chi connectivity index (χ0n) is 12.8. The standard InChI is InChI=1S/C17H15N5O/c1-11(2)22-15(23)8-5-13-10-19-17(21-16(13)22)20-14-6-3-12(9-18)4-7-14/h3-8,10-11H,1-2H3,(H,19,20,21). The van der Waals surface area contributed by atoms with E-state index in [2.05, 4.69) is 21.4 Å². The highest BCUT2D eigenvalue weighted by Crippen LogP contribution is 2.18. The van der Waals surface area contributed by atoms with Crippen molar-refractivity contribution in [2.24, 2.45) is 0 Å². The lowest BCUT2D eigenvalue weighted by Crippen LogP contribution is -2.22.